The van der Waals surface area contributed by atoms with Crippen LogP contribution in [0.3, 0.4) is 0 Å². The molecule has 2 heteroatoms. The predicted molar refractivity (Wildman–Crippen MR) is 65.2 cm³/mol. The molecule has 0 aliphatic heterocycles. The molecule has 0 atom stereocenters. The maximum absolute atomic E-state index is 3.47. The molecule has 1 aromatic heterocycles. The van der Waals surface area contributed by atoms with Gasteiger partial charge in [0.15, 0.2) is 0 Å². The van der Waals surface area contributed by atoms with Gasteiger partial charge in [0.25, 0.3) is 0 Å². The first kappa shape index (κ1) is 9.78. The largest absolute Gasteiger partial charge is 0.358 e. The molecular weight excluding hydrogens is 238 g/mol. The number of halogens is 1. The van der Waals surface area contributed by atoms with E-state index in [1.807, 2.05) is 0 Å². The molecule has 2 rings (SSSR count). The molecule has 0 spiro atoms. The van der Waals surface area contributed by atoms with Crippen LogP contribution in [-0.4, -0.2) is 10.3 Å². The molecule has 0 unspecified atom stereocenters. The number of hydrogen-bond donors (Lipinski definition) is 1. The molecule has 1 aromatic carbocycles. The lowest BCUT2D eigenvalue weighted by molar-refractivity contribution is 0.935. The number of benzene rings is 1. The third-order valence-corrected chi connectivity index (χ3v) is 3.15. The number of fused-ring (bicyclic) bond motifs is 1. The maximum Gasteiger partial charge on any atom is 0.0458 e. The molecule has 1 heterocycles. The zero-order chi connectivity index (χ0) is 9.97. The Morgan fingerprint density at radius 2 is 2.07 bits per heavy atom. The van der Waals surface area contributed by atoms with Crippen LogP contribution in [-0.2, 0) is 6.42 Å². The van der Waals surface area contributed by atoms with Crippen molar-refractivity contribution >= 4 is 26.8 Å². The third-order valence-electron chi connectivity index (χ3n) is 2.59. The second kappa shape index (κ2) is 4.18. The van der Waals surface area contributed by atoms with Gasteiger partial charge in [0.1, 0.15) is 0 Å². The summed E-state index contributed by atoms with van der Waals surface area (Å²) in [5, 5.41) is 2.46. The summed E-state index contributed by atoms with van der Waals surface area (Å²) in [6.07, 6.45) is 2.35. The van der Waals surface area contributed by atoms with E-state index in [2.05, 4.69) is 52.1 Å². The number of aromatic amines is 1. The van der Waals surface area contributed by atoms with Crippen molar-refractivity contribution in [1.29, 1.82) is 0 Å². The highest BCUT2D eigenvalue weighted by Crippen LogP contribution is 2.23. The SMILES string of the molecule is Cc1[nH]c2ccccc2c1CCCBr. The molecule has 0 aliphatic carbocycles. The van der Waals surface area contributed by atoms with Gasteiger partial charge in [-0.1, -0.05) is 34.1 Å². The van der Waals surface area contributed by atoms with Crippen LogP contribution in [0.25, 0.3) is 10.9 Å². The van der Waals surface area contributed by atoms with Crippen molar-refractivity contribution in [1.82, 2.24) is 4.98 Å². The van der Waals surface area contributed by atoms with Gasteiger partial charge in [-0.15, -0.1) is 0 Å². The second-order valence-corrected chi connectivity index (χ2v) is 4.36. The zero-order valence-electron chi connectivity index (χ0n) is 8.31. The third kappa shape index (κ3) is 1.71. The summed E-state index contributed by atoms with van der Waals surface area (Å²) in [5.74, 6) is 0. The quantitative estimate of drug-likeness (QED) is 0.799. The van der Waals surface area contributed by atoms with Crippen LogP contribution in [0, 0.1) is 6.92 Å². The van der Waals surface area contributed by atoms with E-state index in [9.17, 15) is 0 Å². The van der Waals surface area contributed by atoms with E-state index in [4.69, 9.17) is 0 Å². The molecule has 0 fully saturated rings. The monoisotopic (exact) mass is 251 g/mol. The summed E-state index contributed by atoms with van der Waals surface area (Å²) in [4.78, 5) is 3.42. The van der Waals surface area contributed by atoms with E-state index in [1.165, 1.54) is 28.6 Å². The first-order chi connectivity index (χ1) is 6.83. The maximum atomic E-state index is 3.47. The van der Waals surface area contributed by atoms with Crippen LogP contribution >= 0.6 is 15.9 Å². The Morgan fingerprint density at radius 1 is 1.29 bits per heavy atom. The second-order valence-electron chi connectivity index (χ2n) is 3.57. The summed E-state index contributed by atoms with van der Waals surface area (Å²) in [5.41, 5.74) is 4.04. The van der Waals surface area contributed by atoms with Crippen molar-refractivity contribution in [3.63, 3.8) is 0 Å². The summed E-state index contributed by atoms with van der Waals surface area (Å²) >= 11 is 3.47. The van der Waals surface area contributed by atoms with Gasteiger partial charge >= 0.3 is 0 Å². The van der Waals surface area contributed by atoms with Crippen LogP contribution < -0.4 is 0 Å². The minimum Gasteiger partial charge on any atom is -0.358 e. The van der Waals surface area contributed by atoms with Gasteiger partial charge in [0, 0.05) is 21.9 Å². The van der Waals surface area contributed by atoms with Gasteiger partial charge < -0.3 is 4.98 Å². The fourth-order valence-electron chi connectivity index (χ4n) is 1.90. The fourth-order valence-corrected chi connectivity index (χ4v) is 2.18. The van der Waals surface area contributed by atoms with Crippen molar-refractivity contribution in [2.75, 3.05) is 5.33 Å². The molecule has 0 saturated heterocycles. The molecule has 0 bridgehead atoms. The van der Waals surface area contributed by atoms with E-state index in [0.717, 1.165) is 11.8 Å². The Labute approximate surface area is 92.6 Å². The smallest absolute Gasteiger partial charge is 0.0458 e. The van der Waals surface area contributed by atoms with Gasteiger partial charge in [-0.3, -0.25) is 0 Å². The normalized spacial score (nSPS) is 11.0. The number of hydrogen-bond acceptors (Lipinski definition) is 0. The van der Waals surface area contributed by atoms with Crippen LogP contribution in [0.2, 0.25) is 0 Å². The van der Waals surface area contributed by atoms with Crippen molar-refractivity contribution in [2.45, 2.75) is 19.8 Å². The molecule has 14 heavy (non-hydrogen) atoms. The predicted octanol–water partition coefficient (Wildman–Crippen LogP) is 3.80. The lowest BCUT2D eigenvalue weighted by Crippen LogP contribution is -1.87. The van der Waals surface area contributed by atoms with Crippen molar-refractivity contribution in [3.8, 4) is 0 Å². The molecule has 1 N–H and O–H groups in total. The number of nitrogens with one attached hydrogen (secondary N) is 1. The molecule has 1 nitrogen and oxygen atoms in total. The van der Waals surface area contributed by atoms with Gasteiger partial charge in [-0.25, -0.2) is 0 Å². The zero-order valence-corrected chi connectivity index (χ0v) is 9.89. The average molecular weight is 252 g/mol. The van der Waals surface area contributed by atoms with Gasteiger partial charge in [0.2, 0.25) is 0 Å². The highest BCUT2D eigenvalue weighted by atomic mass is 79.9. The minimum atomic E-state index is 1.08. The highest BCUT2D eigenvalue weighted by molar-refractivity contribution is 9.09. The van der Waals surface area contributed by atoms with Crippen LogP contribution in [0.1, 0.15) is 17.7 Å². The van der Waals surface area contributed by atoms with Crippen LogP contribution in [0.15, 0.2) is 24.3 Å². The van der Waals surface area contributed by atoms with Crippen molar-refractivity contribution in [3.05, 3.63) is 35.5 Å². The van der Waals surface area contributed by atoms with E-state index >= 15 is 0 Å². The molecular formula is C12H14BrN. The fraction of sp³-hybridized carbons (Fsp3) is 0.333. The Balaban J connectivity index is 2.45. The summed E-state index contributed by atoms with van der Waals surface area (Å²) < 4.78 is 0. The van der Waals surface area contributed by atoms with E-state index in [1.54, 1.807) is 0 Å². The molecule has 2 aromatic rings. The topological polar surface area (TPSA) is 15.8 Å². The number of H-pyrrole nitrogens is 1. The first-order valence-electron chi connectivity index (χ1n) is 4.95. The highest BCUT2D eigenvalue weighted by Gasteiger charge is 2.06. The Bertz CT molecular complexity index is 431. The van der Waals surface area contributed by atoms with Crippen molar-refractivity contribution in [2.24, 2.45) is 0 Å². The standard InChI is InChI=1S/C12H14BrN/c1-9-10(6-4-8-13)11-5-2-3-7-12(11)14-9/h2-3,5,7,14H,4,6,8H2,1H3. The number of aromatic nitrogens is 1. The summed E-state index contributed by atoms with van der Waals surface area (Å²) in [7, 11) is 0. The van der Waals surface area contributed by atoms with Crippen LogP contribution in [0.5, 0.6) is 0 Å². The number of aryl methyl sites for hydroxylation is 2. The number of rotatable bonds is 3. The lowest BCUT2D eigenvalue weighted by Gasteiger charge is -1.98. The lowest BCUT2D eigenvalue weighted by atomic mass is 10.1. The number of para-hydroxylation sites is 1. The molecule has 74 valence electrons. The van der Waals surface area contributed by atoms with Gasteiger partial charge in [0.05, 0.1) is 0 Å². The minimum absolute atomic E-state index is 1.08. The van der Waals surface area contributed by atoms with E-state index in [0.29, 0.717) is 0 Å². The van der Waals surface area contributed by atoms with Crippen LogP contribution in [0.4, 0.5) is 0 Å². The Kier molecular flexibility index (Phi) is 2.92. The molecule has 0 saturated carbocycles. The molecule has 0 amide bonds. The summed E-state index contributed by atoms with van der Waals surface area (Å²) in [6, 6.07) is 8.52. The Hall–Kier alpha value is -0.760. The van der Waals surface area contributed by atoms with E-state index < -0.39 is 0 Å². The average Bonchev–Trinajstić information content (AvgIpc) is 2.51. The van der Waals surface area contributed by atoms with E-state index in [-0.39, 0.29) is 0 Å². The molecule has 0 aliphatic rings. The van der Waals surface area contributed by atoms with Crippen molar-refractivity contribution < 1.29 is 0 Å². The van der Waals surface area contributed by atoms with Gasteiger partial charge in [-0.05, 0) is 31.4 Å². The van der Waals surface area contributed by atoms with Gasteiger partial charge in [-0.2, -0.15) is 0 Å². The first-order valence-corrected chi connectivity index (χ1v) is 6.07. The Morgan fingerprint density at radius 3 is 2.86 bits per heavy atom. The molecule has 0 radical (unpaired) electrons. The summed E-state index contributed by atoms with van der Waals surface area (Å²) in [6.45, 7) is 2.16. The number of alkyl halides is 1.